The minimum atomic E-state index is -1.41. The van der Waals surface area contributed by atoms with E-state index in [9.17, 15) is 79.9 Å². The van der Waals surface area contributed by atoms with Crippen LogP contribution in [0.2, 0.25) is 0 Å². The molecule has 0 aromatic heterocycles. The van der Waals surface area contributed by atoms with Crippen LogP contribution in [-0.4, -0.2) is 263 Å². The van der Waals surface area contributed by atoms with Crippen molar-refractivity contribution >= 4 is 74.8 Å². The number of ether oxygens (including phenoxy) is 12. The largest absolute Gasteiger partial charge is 0.378 e. The summed E-state index contributed by atoms with van der Waals surface area (Å²) in [5.41, 5.74) is 2.07. The van der Waals surface area contributed by atoms with E-state index in [1.807, 2.05) is 0 Å². The summed E-state index contributed by atoms with van der Waals surface area (Å²) in [6, 6.07) is 9.83. The van der Waals surface area contributed by atoms with Crippen LogP contribution in [0.3, 0.4) is 0 Å². The number of anilines is 3. The zero-order valence-electron chi connectivity index (χ0n) is 54.4. The molecule has 3 aromatic carbocycles. The molecule has 42 nitrogen and oxygen atoms in total. The van der Waals surface area contributed by atoms with Gasteiger partial charge in [-0.15, -0.1) is 0 Å². The Kier molecular flexibility index (Phi) is 43.4. The van der Waals surface area contributed by atoms with Crippen LogP contribution in [0, 0.1) is 60.7 Å². The van der Waals surface area contributed by atoms with Crippen molar-refractivity contribution in [3.63, 3.8) is 0 Å². The zero-order chi connectivity index (χ0) is 72.3. The van der Waals surface area contributed by atoms with E-state index in [0.717, 1.165) is 36.4 Å². The maximum Gasteiger partial charge on any atom is 0.299 e. The van der Waals surface area contributed by atoms with Crippen molar-refractivity contribution in [2.45, 2.75) is 24.8 Å². The highest BCUT2D eigenvalue weighted by atomic mass is 16.7. The zero-order valence-corrected chi connectivity index (χ0v) is 54.4. The molecule has 3 aromatic rings. The molecule has 0 fully saturated rings. The van der Waals surface area contributed by atoms with E-state index in [4.69, 9.17) is 62.6 Å². The summed E-state index contributed by atoms with van der Waals surface area (Å²) in [5, 5.41) is 86.1. The standard InChI is InChI=1S/C57H86N14O28/c58-40-56(75)65-57(41-97-16-7-53(72)62-13-22-91-28-34-94-31-25-88-19-10-59-47-4-1-44(66(76)77)37-50(47)69(82)83,42-98-17-8-54(73)63-14-23-92-29-35-95-32-26-89-20-11-60-48-5-2-45(67(78)79)38-51(48)70(84)85)43-99-18-9-55(74)64-15-24-93-30-36-96-33-27-90-21-12-61-49-6-3-46(68(80)81)39-52(49)71(86)87/h1-6,37-39,59-61H,7-36,40-43,58H2,(H,62,72)(H,63,73)(H,64,74)(H,65,75). The Balaban J connectivity index is 1.34. The van der Waals surface area contributed by atoms with Gasteiger partial charge in [0.1, 0.15) is 22.6 Å². The molecule has 0 aliphatic carbocycles. The average molecular weight is 1420 g/mol. The number of nitrogens with one attached hydrogen (secondary N) is 7. The van der Waals surface area contributed by atoms with Gasteiger partial charge < -0.3 is 99.8 Å². The van der Waals surface area contributed by atoms with Crippen molar-refractivity contribution in [1.29, 1.82) is 0 Å². The van der Waals surface area contributed by atoms with E-state index in [1.165, 1.54) is 18.2 Å². The minimum Gasteiger partial charge on any atom is -0.378 e. The summed E-state index contributed by atoms with van der Waals surface area (Å²) in [5.74, 6) is -1.73. The van der Waals surface area contributed by atoms with Crippen LogP contribution < -0.4 is 43.0 Å². The number of benzene rings is 3. The van der Waals surface area contributed by atoms with Gasteiger partial charge in [-0.25, -0.2) is 0 Å². The van der Waals surface area contributed by atoms with Gasteiger partial charge in [-0.05, 0) is 18.2 Å². The first-order chi connectivity index (χ1) is 47.7. The van der Waals surface area contributed by atoms with Gasteiger partial charge in [0.15, 0.2) is 0 Å². The molecule has 0 aliphatic rings. The molecule has 0 unspecified atom stereocenters. The van der Waals surface area contributed by atoms with E-state index in [0.29, 0.717) is 0 Å². The van der Waals surface area contributed by atoms with Crippen LogP contribution in [0.25, 0.3) is 0 Å². The smallest absolute Gasteiger partial charge is 0.299 e. The Labute approximate surface area is 566 Å². The van der Waals surface area contributed by atoms with E-state index < -0.39 is 81.7 Å². The summed E-state index contributed by atoms with van der Waals surface area (Å²) in [6.07, 6.45) is -0.279. The van der Waals surface area contributed by atoms with Crippen LogP contribution in [0.4, 0.5) is 51.2 Å². The molecule has 9 N–H and O–H groups in total. The fourth-order valence-corrected chi connectivity index (χ4v) is 8.13. The second kappa shape index (κ2) is 51.1. The van der Waals surface area contributed by atoms with Gasteiger partial charge >= 0.3 is 0 Å². The number of rotatable bonds is 62. The lowest BCUT2D eigenvalue weighted by molar-refractivity contribution is -0.393. The molecule has 0 atom stereocenters. The number of hydrogen-bond acceptors (Lipinski definition) is 32. The number of carbonyl (C=O) groups excluding carboxylic acids is 4. The summed E-state index contributed by atoms with van der Waals surface area (Å²) in [4.78, 5) is 113. The van der Waals surface area contributed by atoms with Crippen molar-refractivity contribution in [2.75, 3.05) is 220 Å². The predicted octanol–water partition coefficient (Wildman–Crippen LogP) is 1.30. The highest BCUT2D eigenvalue weighted by Gasteiger charge is 2.34. The van der Waals surface area contributed by atoms with Gasteiger partial charge in [0.2, 0.25) is 23.6 Å². The molecule has 0 heterocycles. The lowest BCUT2D eigenvalue weighted by atomic mass is 10.0. The second-order valence-electron chi connectivity index (χ2n) is 20.4. The van der Waals surface area contributed by atoms with Crippen LogP contribution in [0.5, 0.6) is 0 Å². The Morgan fingerprint density at radius 1 is 0.323 bits per heavy atom. The number of hydrogen-bond donors (Lipinski definition) is 8. The topological polar surface area (TPSA) is 548 Å². The van der Waals surface area contributed by atoms with Crippen molar-refractivity contribution in [2.24, 2.45) is 5.73 Å². The maximum absolute atomic E-state index is 12.8. The van der Waals surface area contributed by atoms with E-state index in [1.54, 1.807) is 0 Å². The highest BCUT2D eigenvalue weighted by molar-refractivity contribution is 5.79. The summed E-state index contributed by atoms with van der Waals surface area (Å²) in [6.45, 7) is 3.14. The third-order valence-electron chi connectivity index (χ3n) is 12.9. The van der Waals surface area contributed by atoms with Crippen LogP contribution >= 0.6 is 0 Å². The molecule has 0 saturated carbocycles. The molecular weight excluding hydrogens is 1330 g/mol. The molecule has 0 aliphatic heterocycles. The first-order valence-corrected chi connectivity index (χ1v) is 31.0. The molecule has 42 heteroatoms. The summed E-state index contributed by atoms with van der Waals surface area (Å²) >= 11 is 0. The summed E-state index contributed by atoms with van der Waals surface area (Å²) in [7, 11) is 0. The van der Waals surface area contributed by atoms with E-state index in [2.05, 4.69) is 37.2 Å². The minimum absolute atomic E-state index is 0.0930. The lowest BCUT2D eigenvalue weighted by Crippen LogP contribution is -2.60. The number of carbonyl (C=O) groups is 4. The SMILES string of the molecule is NCC(=O)NC(COCCC(=O)NCCOCCOCCOCCNc1ccc([N+](=O)[O-])cc1[N+](=O)[O-])(COCCC(=O)NCCOCCOCCOCCNc1ccc([N+](=O)[O-])cc1[N+](=O)[O-])COCCC(=O)NCCOCCOCCOCCNc1ccc([N+](=O)[O-])cc1[N+](=O)[O-]. The second-order valence-corrected chi connectivity index (χ2v) is 20.4. The molecule has 99 heavy (non-hydrogen) atoms. The van der Waals surface area contributed by atoms with Crippen LogP contribution in [0.15, 0.2) is 54.6 Å². The van der Waals surface area contributed by atoms with Crippen molar-refractivity contribution < 1.29 is 106 Å². The quantitative estimate of drug-likeness (QED) is 0.0224. The molecule has 0 spiro atoms. The van der Waals surface area contributed by atoms with Crippen LogP contribution in [-0.2, 0) is 76.0 Å². The molecule has 0 saturated heterocycles. The first kappa shape index (κ1) is 84.0. The normalized spacial score (nSPS) is 11.2. The van der Waals surface area contributed by atoms with Gasteiger partial charge in [-0.1, -0.05) is 0 Å². The predicted molar refractivity (Wildman–Crippen MR) is 347 cm³/mol. The number of nitrogens with zero attached hydrogens (tertiary/aromatic N) is 6. The molecule has 552 valence electrons. The number of nitro groups is 6. The fourth-order valence-electron chi connectivity index (χ4n) is 8.13. The number of nitro benzene ring substituents is 6. The first-order valence-electron chi connectivity index (χ1n) is 31.0. The van der Waals surface area contributed by atoms with Crippen molar-refractivity contribution in [1.82, 2.24) is 21.3 Å². The molecule has 0 radical (unpaired) electrons. The number of non-ortho nitro benzene ring substituents is 3. The lowest BCUT2D eigenvalue weighted by Gasteiger charge is -2.34. The van der Waals surface area contributed by atoms with Gasteiger partial charge in [-0.3, -0.25) is 79.9 Å². The maximum atomic E-state index is 12.8. The van der Waals surface area contributed by atoms with Crippen LogP contribution in [0.1, 0.15) is 19.3 Å². The summed E-state index contributed by atoms with van der Waals surface area (Å²) < 4.78 is 66.9. The number of amides is 4. The van der Waals surface area contributed by atoms with Crippen molar-refractivity contribution in [3.8, 4) is 0 Å². The van der Waals surface area contributed by atoms with E-state index in [-0.39, 0.29) is 252 Å². The number of nitrogens with two attached hydrogens (primary N) is 1. The molecule has 3 rings (SSSR count). The molecule has 0 bridgehead atoms. The average Bonchev–Trinajstić information content (AvgIpc) is 0.871. The van der Waals surface area contributed by atoms with Gasteiger partial charge in [0.25, 0.3) is 34.1 Å². The van der Waals surface area contributed by atoms with Gasteiger partial charge in [0, 0.05) is 76.7 Å². The molecule has 4 amide bonds. The Hall–Kier alpha value is -9.18. The Morgan fingerprint density at radius 3 is 0.798 bits per heavy atom. The fraction of sp³-hybridized carbons (Fsp3) is 0.614. The van der Waals surface area contributed by atoms with Gasteiger partial charge in [-0.2, -0.15) is 0 Å². The monoisotopic (exact) mass is 1410 g/mol. The third kappa shape index (κ3) is 38.0. The third-order valence-corrected chi connectivity index (χ3v) is 12.9. The van der Waals surface area contributed by atoms with E-state index >= 15 is 0 Å². The Morgan fingerprint density at radius 2 is 0.566 bits per heavy atom. The Bertz CT molecular complexity index is 2680. The van der Waals surface area contributed by atoms with Crippen molar-refractivity contribution in [3.05, 3.63) is 115 Å². The molecular formula is C57H86N14O28. The van der Waals surface area contributed by atoms with Gasteiger partial charge in [0.05, 0.1) is 213 Å². The highest BCUT2D eigenvalue weighted by Crippen LogP contribution is 2.31.